The Labute approximate surface area is 74.8 Å². The standard InChI is InChI=1S/C5H13NO2S3/c1-4-6(5-2)11(7,8)10(3)9/h4-5H2,1-3H3. The van der Waals surface area contributed by atoms with Crippen LogP contribution < -0.4 is 0 Å². The van der Waals surface area contributed by atoms with Crippen LogP contribution in [0.2, 0.25) is 0 Å². The SMILES string of the molecule is CCN(CC)S(=O)(=O)S(C)=S. The van der Waals surface area contributed by atoms with Crippen LogP contribution in [0.1, 0.15) is 13.8 Å². The van der Waals surface area contributed by atoms with Gasteiger partial charge in [0.05, 0.1) is 0 Å². The minimum Gasteiger partial charge on any atom is -0.200 e. The summed E-state index contributed by atoms with van der Waals surface area (Å²) in [6.07, 6.45) is 1.54. The van der Waals surface area contributed by atoms with Crippen LogP contribution in [0.4, 0.5) is 0 Å². The lowest BCUT2D eigenvalue weighted by atomic mass is 10.7. The van der Waals surface area contributed by atoms with E-state index < -0.39 is 17.5 Å². The van der Waals surface area contributed by atoms with Crippen LogP contribution in [-0.4, -0.2) is 32.1 Å². The van der Waals surface area contributed by atoms with E-state index in [0.717, 1.165) is 0 Å². The molecule has 0 spiro atoms. The van der Waals surface area contributed by atoms with Gasteiger partial charge in [-0.25, -0.2) is 8.42 Å². The molecule has 0 aliphatic carbocycles. The van der Waals surface area contributed by atoms with Gasteiger partial charge in [-0.05, 0) is 11.2 Å². The third-order valence-electron chi connectivity index (χ3n) is 1.32. The monoisotopic (exact) mass is 215 g/mol. The highest BCUT2D eigenvalue weighted by Gasteiger charge is 2.19. The number of nitrogens with zero attached hydrogens (tertiary/aromatic N) is 1. The van der Waals surface area contributed by atoms with Crippen molar-refractivity contribution in [3.05, 3.63) is 0 Å². The van der Waals surface area contributed by atoms with Crippen molar-refractivity contribution in [3.63, 3.8) is 0 Å². The first-order chi connectivity index (χ1) is 4.96. The average Bonchev–Trinajstić information content (AvgIpc) is 1.89. The van der Waals surface area contributed by atoms with E-state index in [1.54, 1.807) is 6.26 Å². The second-order valence-corrected chi connectivity index (χ2v) is 9.01. The highest BCUT2D eigenvalue weighted by molar-refractivity contribution is 8.77. The first-order valence-corrected chi connectivity index (χ1v) is 7.82. The molecule has 3 nitrogen and oxygen atoms in total. The fourth-order valence-electron chi connectivity index (χ4n) is 0.688. The Hall–Kier alpha value is 0.480. The van der Waals surface area contributed by atoms with Gasteiger partial charge < -0.3 is 0 Å². The van der Waals surface area contributed by atoms with Gasteiger partial charge >= 0.3 is 0 Å². The molecule has 0 aliphatic rings. The maximum atomic E-state index is 11.3. The van der Waals surface area contributed by atoms with Crippen molar-refractivity contribution < 1.29 is 8.42 Å². The van der Waals surface area contributed by atoms with Gasteiger partial charge in [-0.3, -0.25) is 0 Å². The molecule has 0 fully saturated rings. The summed E-state index contributed by atoms with van der Waals surface area (Å²) in [5.74, 6) is 0. The van der Waals surface area contributed by atoms with Gasteiger partial charge in [0.1, 0.15) is 0 Å². The van der Waals surface area contributed by atoms with E-state index in [9.17, 15) is 8.42 Å². The first kappa shape index (κ1) is 11.5. The zero-order valence-corrected chi connectivity index (χ0v) is 9.35. The van der Waals surface area contributed by atoms with E-state index in [4.69, 9.17) is 11.2 Å². The van der Waals surface area contributed by atoms with Crippen molar-refractivity contribution in [1.29, 1.82) is 0 Å². The summed E-state index contributed by atoms with van der Waals surface area (Å²) in [6.45, 7) is 4.63. The Morgan fingerprint density at radius 3 is 1.82 bits per heavy atom. The predicted molar refractivity (Wildman–Crippen MR) is 52.5 cm³/mol. The molecule has 6 heteroatoms. The van der Waals surface area contributed by atoms with Gasteiger partial charge in [0.2, 0.25) is 0 Å². The summed E-state index contributed by atoms with van der Waals surface area (Å²) < 4.78 is 24.0. The normalized spacial score (nSPS) is 15.3. The molecule has 0 saturated heterocycles. The second kappa shape index (κ2) is 4.49. The molecule has 0 radical (unpaired) electrons. The lowest BCUT2D eigenvalue weighted by Crippen LogP contribution is -2.32. The van der Waals surface area contributed by atoms with E-state index in [-0.39, 0.29) is 0 Å². The summed E-state index contributed by atoms with van der Waals surface area (Å²) >= 11 is 4.72. The van der Waals surface area contributed by atoms with E-state index in [1.165, 1.54) is 4.31 Å². The third-order valence-corrected chi connectivity index (χ3v) is 7.02. The summed E-state index contributed by atoms with van der Waals surface area (Å²) in [6, 6.07) is 0. The van der Waals surface area contributed by atoms with E-state index in [1.807, 2.05) is 13.8 Å². The zero-order chi connectivity index (χ0) is 9.07. The van der Waals surface area contributed by atoms with Crippen molar-refractivity contribution in [2.45, 2.75) is 13.8 Å². The molecule has 0 heterocycles. The Morgan fingerprint density at radius 2 is 1.73 bits per heavy atom. The minimum absolute atomic E-state index is 0.507. The molecule has 68 valence electrons. The molecule has 0 N–H and O–H groups in total. The van der Waals surface area contributed by atoms with Gasteiger partial charge in [0.15, 0.2) is 0 Å². The summed E-state index contributed by atoms with van der Waals surface area (Å²) in [5, 5.41) is 0. The quantitative estimate of drug-likeness (QED) is 0.632. The van der Waals surface area contributed by atoms with Gasteiger partial charge in [-0.15, -0.1) is 0 Å². The maximum absolute atomic E-state index is 11.3. The Bertz CT molecular complexity index is 230. The van der Waals surface area contributed by atoms with Gasteiger partial charge in [-0.1, -0.05) is 13.8 Å². The molecule has 1 atom stereocenters. The maximum Gasteiger partial charge on any atom is 0.270 e. The van der Waals surface area contributed by atoms with Crippen molar-refractivity contribution in [1.82, 2.24) is 4.31 Å². The first-order valence-electron chi connectivity index (χ1n) is 3.30. The minimum atomic E-state index is -3.16. The third kappa shape index (κ3) is 2.77. The lowest BCUT2D eigenvalue weighted by molar-refractivity contribution is 0.458. The fourth-order valence-corrected chi connectivity index (χ4v) is 3.92. The zero-order valence-electron chi connectivity index (χ0n) is 6.90. The molecule has 0 bridgehead atoms. The topological polar surface area (TPSA) is 37.4 Å². The van der Waals surface area contributed by atoms with Crippen molar-refractivity contribution >= 4 is 28.7 Å². The second-order valence-electron chi connectivity index (χ2n) is 1.94. The highest BCUT2D eigenvalue weighted by atomic mass is 33.4. The van der Waals surface area contributed by atoms with E-state index in [0.29, 0.717) is 13.1 Å². The van der Waals surface area contributed by atoms with Crippen LogP contribution in [0.15, 0.2) is 0 Å². The number of hydrogen-bond acceptors (Lipinski definition) is 3. The van der Waals surface area contributed by atoms with Crippen LogP contribution >= 0.6 is 0 Å². The summed E-state index contributed by atoms with van der Waals surface area (Å²) in [4.78, 5) is 0. The largest absolute Gasteiger partial charge is 0.270 e. The molecule has 0 rings (SSSR count). The number of rotatable bonds is 4. The Morgan fingerprint density at radius 1 is 1.36 bits per heavy atom. The van der Waals surface area contributed by atoms with Crippen LogP contribution in [0.25, 0.3) is 0 Å². The molecule has 0 saturated carbocycles. The average molecular weight is 215 g/mol. The van der Waals surface area contributed by atoms with Crippen LogP contribution in [0, 0.1) is 0 Å². The molecular weight excluding hydrogens is 202 g/mol. The van der Waals surface area contributed by atoms with Gasteiger partial charge in [0.25, 0.3) is 9.06 Å². The van der Waals surface area contributed by atoms with Crippen molar-refractivity contribution in [2.75, 3.05) is 19.3 Å². The van der Waals surface area contributed by atoms with Crippen LogP contribution in [0.5, 0.6) is 0 Å². The molecule has 11 heavy (non-hydrogen) atoms. The smallest absolute Gasteiger partial charge is 0.200 e. The van der Waals surface area contributed by atoms with Crippen molar-refractivity contribution in [3.8, 4) is 0 Å². The number of hydrogen-bond donors (Lipinski definition) is 0. The fraction of sp³-hybridized carbons (Fsp3) is 1.00. The summed E-state index contributed by atoms with van der Waals surface area (Å²) in [5.41, 5.74) is 0. The Balaban J connectivity index is 4.67. The molecule has 0 amide bonds. The van der Waals surface area contributed by atoms with Crippen LogP contribution in [-0.2, 0) is 28.7 Å². The molecular formula is C5H13NO2S3. The van der Waals surface area contributed by atoms with Gasteiger partial charge in [-0.2, -0.15) is 4.31 Å². The van der Waals surface area contributed by atoms with Gasteiger partial charge in [0, 0.05) is 27.8 Å². The molecule has 0 aromatic rings. The highest BCUT2D eigenvalue weighted by Crippen LogP contribution is 2.03. The van der Waals surface area contributed by atoms with E-state index >= 15 is 0 Å². The van der Waals surface area contributed by atoms with Crippen molar-refractivity contribution in [2.24, 2.45) is 0 Å². The van der Waals surface area contributed by atoms with E-state index in [2.05, 4.69) is 0 Å². The molecule has 0 aliphatic heterocycles. The molecule has 0 aromatic carbocycles. The predicted octanol–water partition coefficient (Wildman–Crippen LogP) is 0.283. The molecule has 1 unspecified atom stereocenters. The lowest BCUT2D eigenvalue weighted by Gasteiger charge is -2.16. The van der Waals surface area contributed by atoms with Crippen LogP contribution in [0.3, 0.4) is 0 Å². The molecule has 0 aromatic heterocycles. The summed E-state index contributed by atoms with van der Waals surface area (Å²) in [7, 11) is -4.14. The Kier molecular flexibility index (Phi) is 4.69.